The molecule has 0 spiro atoms. The number of hydrogen-bond donors (Lipinski definition) is 1. The Labute approximate surface area is 122 Å². The van der Waals surface area contributed by atoms with Crippen molar-refractivity contribution in [3.05, 3.63) is 19.8 Å². The van der Waals surface area contributed by atoms with Crippen LogP contribution in [0.3, 0.4) is 0 Å². The molecular weight excluding hydrogens is 371 g/mol. The van der Waals surface area contributed by atoms with Crippen molar-refractivity contribution in [2.24, 2.45) is 0 Å². The van der Waals surface area contributed by atoms with Crippen LogP contribution in [0.5, 0.6) is 0 Å². The number of nitrogens with one attached hydrogen (secondary N) is 1. The number of aryl methyl sites for hydroxylation is 1. The molecule has 4 nitrogen and oxygen atoms in total. The summed E-state index contributed by atoms with van der Waals surface area (Å²) in [5.41, 5.74) is 0.942. The molecule has 0 saturated carbocycles. The maximum atomic E-state index is 5.87. The van der Waals surface area contributed by atoms with Gasteiger partial charge in [-0.25, -0.2) is 15.0 Å². The molecule has 2 heterocycles. The lowest BCUT2D eigenvalue weighted by molar-refractivity contribution is 1.06. The van der Waals surface area contributed by atoms with Crippen LogP contribution in [0.4, 0.5) is 5.82 Å². The van der Waals surface area contributed by atoms with Crippen LogP contribution in [-0.4, -0.2) is 21.5 Å². The third-order valence-corrected chi connectivity index (χ3v) is 4.43. The van der Waals surface area contributed by atoms with Gasteiger partial charge in [-0.3, -0.25) is 0 Å². The van der Waals surface area contributed by atoms with Gasteiger partial charge in [0.05, 0.1) is 15.5 Å². The minimum absolute atomic E-state index is 0.621. The Morgan fingerprint density at radius 3 is 2.82 bits per heavy atom. The number of anilines is 1. The lowest BCUT2D eigenvalue weighted by Crippen LogP contribution is -2.06. The SMILES string of the molecule is CCNc1nc(-c2ncc(Cl)s2)nc(C)c1I. The molecule has 2 aromatic rings. The number of rotatable bonds is 3. The zero-order valence-corrected chi connectivity index (χ0v) is 13.0. The van der Waals surface area contributed by atoms with Gasteiger partial charge in [0.25, 0.3) is 0 Å². The minimum Gasteiger partial charge on any atom is -0.369 e. The number of halogens is 2. The summed E-state index contributed by atoms with van der Waals surface area (Å²) in [7, 11) is 0. The molecule has 0 fully saturated rings. The zero-order chi connectivity index (χ0) is 12.4. The largest absolute Gasteiger partial charge is 0.369 e. The van der Waals surface area contributed by atoms with E-state index in [1.807, 2.05) is 13.8 Å². The van der Waals surface area contributed by atoms with E-state index in [4.69, 9.17) is 11.6 Å². The number of thiazole rings is 1. The second kappa shape index (κ2) is 5.45. The van der Waals surface area contributed by atoms with Gasteiger partial charge < -0.3 is 5.32 Å². The highest BCUT2D eigenvalue weighted by Gasteiger charge is 2.12. The first-order valence-corrected chi connectivity index (χ1v) is 7.28. The van der Waals surface area contributed by atoms with E-state index in [2.05, 4.69) is 42.9 Å². The first-order valence-electron chi connectivity index (χ1n) is 5.01. The first-order chi connectivity index (χ1) is 8.11. The van der Waals surface area contributed by atoms with Crippen molar-refractivity contribution in [1.82, 2.24) is 15.0 Å². The van der Waals surface area contributed by atoms with Gasteiger partial charge in [0.15, 0.2) is 10.8 Å². The molecule has 0 atom stereocenters. The van der Waals surface area contributed by atoms with Gasteiger partial charge in [0.1, 0.15) is 10.2 Å². The molecule has 0 aliphatic carbocycles. The first kappa shape index (κ1) is 13.0. The molecule has 0 amide bonds. The predicted octanol–water partition coefficient (Wildman–Crippen LogP) is 3.60. The molecule has 2 rings (SSSR count). The van der Waals surface area contributed by atoms with Crippen LogP contribution >= 0.6 is 45.5 Å². The van der Waals surface area contributed by atoms with Gasteiger partial charge in [-0.15, -0.1) is 0 Å². The Morgan fingerprint density at radius 1 is 1.47 bits per heavy atom. The summed E-state index contributed by atoms with van der Waals surface area (Å²) in [5.74, 6) is 1.47. The van der Waals surface area contributed by atoms with Crippen molar-refractivity contribution in [3.63, 3.8) is 0 Å². The van der Waals surface area contributed by atoms with Crippen LogP contribution in [0.1, 0.15) is 12.6 Å². The van der Waals surface area contributed by atoms with Crippen LogP contribution in [0.25, 0.3) is 10.8 Å². The van der Waals surface area contributed by atoms with E-state index >= 15 is 0 Å². The molecule has 0 aromatic carbocycles. The summed E-state index contributed by atoms with van der Waals surface area (Å²) in [6, 6.07) is 0. The van der Waals surface area contributed by atoms with Crippen molar-refractivity contribution in [2.45, 2.75) is 13.8 Å². The van der Waals surface area contributed by atoms with Crippen LogP contribution in [0, 0.1) is 10.5 Å². The molecule has 0 aliphatic rings. The topological polar surface area (TPSA) is 50.7 Å². The Hall–Kier alpha value is -0.470. The van der Waals surface area contributed by atoms with Gasteiger partial charge in [-0.1, -0.05) is 22.9 Å². The van der Waals surface area contributed by atoms with Crippen molar-refractivity contribution < 1.29 is 0 Å². The number of hydrogen-bond acceptors (Lipinski definition) is 5. The second-order valence-corrected chi connectivity index (χ2v) is 6.04. The Kier molecular flexibility index (Phi) is 4.16. The highest BCUT2D eigenvalue weighted by Crippen LogP contribution is 2.28. The molecule has 2 aromatic heterocycles. The van der Waals surface area contributed by atoms with Gasteiger partial charge >= 0.3 is 0 Å². The molecule has 0 unspecified atom stereocenters. The van der Waals surface area contributed by atoms with E-state index in [0.29, 0.717) is 10.2 Å². The molecular formula is C10H10ClIN4S. The lowest BCUT2D eigenvalue weighted by Gasteiger charge is -2.08. The monoisotopic (exact) mass is 380 g/mol. The minimum atomic E-state index is 0.621. The predicted molar refractivity (Wildman–Crippen MR) is 79.8 cm³/mol. The zero-order valence-electron chi connectivity index (χ0n) is 9.29. The van der Waals surface area contributed by atoms with Crippen LogP contribution in [0.15, 0.2) is 6.20 Å². The summed E-state index contributed by atoms with van der Waals surface area (Å²) in [6.07, 6.45) is 1.62. The van der Waals surface area contributed by atoms with E-state index in [9.17, 15) is 0 Å². The van der Waals surface area contributed by atoms with Gasteiger partial charge in [0, 0.05) is 6.54 Å². The Bertz CT molecular complexity index is 543. The van der Waals surface area contributed by atoms with Crippen LogP contribution in [-0.2, 0) is 0 Å². The third kappa shape index (κ3) is 2.86. The summed E-state index contributed by atoms with van der Waals surface area (Å²) in [5, 5.41) is 3.96. The van der Waals surface area contributed by atoms with Crippen molar-refractivity contribution in [2.75, 3.05) is 11.9 Å². The molecule has 1 N–H and O–H groups in total. The molecule has 0 radical (unpaired) electrons. The van der Waals surface area contributed by atoms with E-state index in [1.165, 1.54) is 11.3 Å². The van der Waals surface area contributed by atoms with Crippen molar-refractivity contribution >= 4 is 51.3 Å². The normalized spacial score (nSPS) is 10.6. The van der Waals surface area contributed by atoms with E-state index < -0.39 is 0 Å². The summed E-state index contributed by atoms with van der Waals surface area (Å²) < 4.78 is 1.68. The maximum Gasteiger partial charge on any atom is 0.191 e. The highest BCUT2D eigenvalue weighted by molar-refractivity contribution is 14.1. The smallest absolute Gasteiger partial charge is 0.191 e. The van der Waals surface area contributed by atoms with E-state index in [0.717, 1.165) is 26.6 Å². The van der Waals surface area contributed by atoms with Crippen LogP contribution < -0.4 is 5.32 Å². The Morgan fingerprint density at radius 2 is 2.24 bits per heavy atom. The number of nitrogens with zero attached hydrogens (tertiary/aromatic N) is 3. The molecule has 17 heavy (non-hydrogen) atoms. The molecule has 0 saturated heterocycles. The quantitative estimate of drug-likeness (QED) is 0.827. The average Bonchev–Trinajstić information content (AvgIpc) is 2.71. The lowest BCUT2D eigenvalue weighted by atomic mass is 10.4. The maximum absolute atomic E-state index is 5.87. The number of aromatic nitrogens is 3. The Balaban J connectivity index is 2.48. The van der Waals surface area contributed by atoms with E-state index in [1.54, 1.807) is 6.20 Å². The van der Waals surface area contributed by atoms with Crippen molar-refractivity contribution in [3.8, 4) is 10.8 Å². The fourth-order valence-electron chi connectivity index (χ4n) is 1.30. The van der Waals surface area contributed by atoms with Crippen LogP contribution in [0.2, 0.25) is 4.34 Å². The fourth-order valence-corrected chi connectivity index (χ4v) is 2.58. The van der Waals surface area contributed by atoms with Crippen molar-refractivity contribution in [1.29, 1.82) is 0 Å². The molecule has 0 bridgehead atoms. The molecule has 90 valence electrons. The summed E-state index contributed by atoms with van der Waals surface area (Å²) >= 11 is 9.49. The van der Waals surface area contributed by atoms with Gasteiger partial charge in [-0.05, 0) is 36.4 Å². The third-order valence-electron chi connectivity index (χ3n) is 2.03. The van der Waals surface area contributed by atoms with Gasteiger partial charge in [0.2, 0.25) is 0 Å². The second-order valence-electron chi connectivity index (χ2n) is 3.30. The van der Waals surface area contributed by atoms with Gasteiger partial charge in [-0.2, -0.15) is 0 Å². The molecule has 0 aliphatic heterocycles. The average molecular weight is 381 g/mol. The molecule has 7 heteroatoms. The standard InChI is InChI=1S/C10H10ClIN4S/c1-3-13-8-7(12)5(2)15-9(16-8)10-14-4-6(11)17-10/h4H,3H2,1-2H3,(H,13,15,16). The summed E-state index contributed by atoms with van der Waals surface area (Å²) in [4.78, 5) is 13.1. The summed E-state index contributed by atoms with van der Waals surface area (Å²) in [6.45, 7) is 4.82. The highest BCUT2D eigenvalue weighted by atomic mass is 127. The van der Waals surface area contributed by atoms with E-state index in [-0.39, 0.29) is 0 Å². The fraction of sp³-hybridized carbons (Fsp3) is 0.300.